The monoisotopic (exact) mass is 413 g/mol. The number of para-hydroxylation sites is 2. The Kier molecular flexibility index (Phi) is 6.51. The lowest BCUT2D eigenvalue weighted by atomic mass is 10.1. The van der Waals surface area contributed by atoms with Crippen LogP contribution in [0.4, 0.5) is 11.4 Å². The van der Waals surface area contributed by atoms with E-state index in [0.717, 1.165) is 30.0 Å². The van der Waals surface area contributed by atoms with Crippen LogP contribution < -0.4 is 15.8 Å². The molecule has 2 N–H and O–H groups in total. The summed E-state index contributed by atoms with van der Waals surface area (Å²) >= 11 is 6.02. The van der Waals surface area contributed by atoms with E-state index in [2.05, 4.69) is 25.3 Å². The van der Waals surface area contributed by atoms with Crippen LogP contribution in [0.1, 0.15) is 5.56 Å². The van der Waals surface area contributed by atoms with Gasteiger partial charge in [-0.25, -0.2) is 5.10 Å². The Morgan fingerprint density at radius 2 is 1.86 bits per heavy atom. The summed E-state index contributed by atoms with van der Waals surface area (Å²) in [6.07, 6.45) is 0.144. The van der Waals surface area contributed by atoms with Gasteiger partial charge in [-0.1, -0.05) is 35.9 Å². The lowest BCUT2D eigenvalue weighted by Crippen LogP contribution is -2.29. The number of nitrogens with one attached hydrogen (secondary N) is 2. The van der Waals surface area contributed by atoms with E-state index in [9.17, 15) is 9.59 Å². The number of aromatic amines is 1. The van der Waals surface area contributed by atoms with E-state index in [-0.39, 0.29) is 23.0 Å². The molecule has 0 saturated carbocycles. The third-order valence-electron chi connectivity index (χ3n) is 4.64. The molecule has 3 aromatic rings. The molecule has 1 heterocycles. The van der Waals surface area contributed by atoms with Gasteiger partial charge in [0.15, 0.2) is 5.15 Å². The van der Waals surface area contributed by atoms with Crippen LogP contribution >= 0.6 is 11.6 Å². The number of fused-ring (bicyclic) bond motifs is 1. The lowest BCUT2D eigenvalue weighted by molar-refractivity contribution is -0.115. The van der Waals surface area contributed by atoms with Crippen molar-refractivity contribution in [3.8, 4) is 0 Å². The van der Waals surface area contributed by atoms with Gasteiger partial charge in [-0.3, -0.25) is 9.59 Å². The first-order valence-corrected chi connectivity index (χ1v) is 9.64. The third kappa shape index (κ3) is 5.13. The van der Waals surface area contributed by atoms with E-state index in [1.54, 1.807) is 18.2 Å². The molecule has 8 heteroatoms. The van der Waals surface area contributed by atoms with Crippen LogP contribution in [0.5, 0.6) is 0 Å². The number of nitrogens with zero attached hydrogens (tertiary/aromatic N) is 3. The normalized spacial score (nSPS) is 11.1. The van der Waals surface area contributed by atoms with Crippen molar-refractivity contribution in [2.24, 2.45) is 0 Å². The van der Waals surface area contributed by atoms with Crippen LogP contribution in [0.3, 0.4) is 0 Å². The lowest BCUT2D eigenvalue weighted by Gasteiger charge is -2.24. The van der Waals surface area contributed by atoms with Gasteiger partial charge in [0, 0.05) is 25.5 Å². The van der Waals surface area contributed by atoms with Crippen molar-refractivity contribution < 1.29 is 4.79 Å². The molecule has 0 atom stereocenters. The number of halogens is 1. The molecule has 0 aliphatic heterocycles. The van der Waals surface area contributed by atoms with E-state index < -0.39 is 0 Å². The summed E-state index contributed by atoms with van der Waals surface area (Å²) in [5, 5.41) is 10.3. The van der Waals surface area contributed by atoms with Crippen LogP contribution in [-0.4, -0.2) is 55.2 Å². The molecule has 7 nitrogen and oxygen atoms in total. The topological polar surface area (TPSA) is 81.3 Å². The van der Waals surface area contributed by atoms with Crippen LogP contribution in [0.2, 0.25) is 5.15 Å². The molecule has 0 aliphatic carbocycles. The maximum atomic E-state index is 12.6. The van der Waals surface area contributed by atoms with Crippen molar-refractivity contribution in [2.75, 3.05) is 44.4 Å². The summed E-state index contributed by atoms with van der Waals surface area (Å²) in [4.78, 5) is 28.9. The second kappa shape index (κ2) is 9.07. The number of benzene rings is 2. The van der Waals surface area contributed by atoms with Gasteiger partial charge in [-0.15, -0.1) is 0 Å². The molecule has 152 valence electrons. The molecule has 1 amide bonds. The minimum absolute atomic E-state index is 0.144. The van der Waals surface area contributed by atoms with Crippen molar-refractivity contribution >= 4 is 39.7 Å². The minimum Gasteiger partial charge on any atom is -0.372 e. The molecule has 3 rings (SSSR count). The van der Waals surface area contributed by atoms with E-state index in [1.165, 1.54) is 0 Å². The molecule has 0 aliphatic rings. The second-order valence-electron chi connectivity index (χ2n) is 7.19. The second-order valence-corrected chi connectivity index (χ2v) is 7.55. The first-order chi connectivity index (χ1) is 13.8. The molecular weight excluding hydrogens is 390 g/mol. The van der Waals surface area contributed by atoms with Crippen LogP contribution in [0.25, 0.3) is 10.8 Å². The number of anilines is 2. The maximum absolute atomic E-state index is 12.6. The fourth-order valence-electron chi connectivity index (χ4n) is 3.05. The fraction of sp³-hybridized carbons (Fsp3) is 0.286. The first kappa shape index (κ1) is 20.8. The quantitative estimate of drug-likeness (QED) is 0.622. The highest BCUT2D eigenvalue weighted by Gasteiger charge is 2.12. The number of hydrogen-bond donors (Lipinski definition) is 2. The van der Waals surface area contributed by atoms with Gasteiger partial charge in [-0.2, -0.15) is 5.10 Å². The molecule has 0 unspecified atom stereocenters. The number of carbonyl (C=O) groups is 1. The van der Waals surface area contributed by atoms with Gasteiger partial charge in [0.25, 0.3) is 5.56 Å². The summed E-state index contributed by atoms with van der Waals surface area (Å²) in [6.45, 7) is 1.74. The minimum atomic E-state index is -0.334. The number of H-pyrrole nitrogens is 1. The Hall–Kier alpha value is -2.90. The number of hydrogen-bond acceptors (Lipinski definition) is 5. The highest BCUT2D eigenvalue weighted by molar-refractivity contribution is 6.34. The average molecular weight is 414 g/mol. The van der Waals surface area contributed by atoms with E-state index in [1.807, 2.05) is 45.4 Å². The highest BCUT2D eigenvalue weighted by Crippen LogP contribution is 2.25. The first-order valence-electron chi connectivity index (χ1n) is 9.26. The zero-order chi connectivity index (χ0) is 21.0. The number of rotatable bonds is 7. The third-order valence-corrected chi connectivity index (χ3v) is 4.93. The van der Waals surface area contributed by atoms with Gasteiger partial charge in [0.2, 0.25) is 5.91 Å². The molecule has 29 heavy (non-hydrogen) atoms. The molecule has 1 aromatic heterocycles. The van der Waals surface area contributed by atoms with Gasteiger partial charge in [-0.05, 0) is 37.9 Å². The van der Waals surface area contributed by atoms with Crippen molar-refractivity contribution in [3.63, 3.8) is 0 Å². The average Bonchev–Trinajstić information content (AvgIpc) is 2.69. The summed E-state index contributed by atoms with van der Waals surface area (Å²) in [7, 11) is 6.06. The predicted octanol–water partition coefficient (Wildman–Crippen LogP) is 2.76. The standard InChI is InChI=1S/C21H24ClN5O2/c1-26(2)10-11-27(3)18-7-5-4-6-17(18)23-19(28)13-14-8-9-15-16(12-14)21(29)25-24-20(15)22/h4-9,12H,10-11,13H2,1-3H3,(H,23,28)(H,25,29). The van der Waals surface area contributed by atoms with Gasteiger partial charge < -0.3 is 15.1 Å². The molecule has 0 fully saturated rings. The largest absolute Gasteiger partial charge is 0.372 e. The van der Waals surface area contributed by atoms with E-state index in [4.69, 9.17) is 11.6 Å². The number of carbonyl (C=O) groups excluding carboxylic acids is 1. The zero-order valence-corrected chi connectivity index (χ0v) is 17.5. The fourth-order valence-corrected chi connectivity index (χ4v) is 3.26. The molecular formula is C21H24ClN5O2. The Morgan fingerprint density at radius 3 is 2.62 bits per heavy atom. The maximum Gasteiger partial charge on any atom is 0.272 e. The van der Waals surface area contributed by atoms with Gasteiger partial charge in [0.1, 0.15) is 0 Å². The Bertz CT molecular complexity index is 1080. The van der Waals surface area contributed by atoms with Gasteiger partial charge in [0.05, 0.1) is 23.2 Å². The summed E-state index contributed by atoms with van der Waals surface area (Å²) in [5.41, 5.74) is 2.10. The molecule has 0 radical (unpaired) electrons. The molecule has 0 saturated heterocycles. The predicted molar refractivity (Wildman–Crippen MR) is 118 cm³/mol. The smallest absolute Gasteiger partial charge is 0.272 e. The van der Waals surface area contributed by atoms with Crippen molar-refractivity contribution in [1.82, 2.24) is 15.1 Å². The Morgan fingerprint density at radius 1 is 1.10 bits per heavy atom. The molecule has 0 spiro atoms. The number of aromatic nitrogens is 2. The summed E-state index contributed by atoms with van der Waals surface area (Å²) < 4.78 is 0. The SMILES string of the molecule is CN(C)CCN(C)c1ccccc1NC(=O)Cc1ccc2c(Cl)n[nH]c(=O)c2c1. The van der Waals surface area contributed by atoms with Gasteiger partial charge >= 0.3 is 0 Å². The number of amides is 1. The van der Waals surface area contributed by atoms with Crippen LogP contribution in [-0.2, 0) is 11.2 Å². The Labute approximate surface area is 174 Å². The summed E-state index contributed by atoms with van der Waals surface area (Å²) in [6, 6.07) is 12.9. The van der Waals surface area contributed by atoms with Crippen molar-refractivity contribution in [2.45, 2.75) is 6.42 Å². The van der Waals surface area contributed by atoms with Crippen LogP contribution in [0, 0.1) is 0 Å². The van der Waals surface area contributed by atoms with Crippen LogP contribution in [0.15, 0.2) is 47.3 Å². The van der Waals surface area contributed by atoms with Crippen molar-refractivity contribution in [1.29, 1.82) is 0 Å². The zero-order valence-electron chi connectivity index (χ0n) is 16.7. The number of likely N-dealkylation sites (N-methyl/N-ethyl adjacent to an activating group) is 2. The molecule has 2 aromatic carbocycles. The molecule has 0 bridgehead atoms. The summed E-state index contributed by atoms with van der Waals surface area (Å²) in [5.74, 6) is -0.158. The van der Waals surface area contributed by atoms with Crippen molar-refractivity contribution in [3.05, 3.63) is 63.5 Å². The Balaban J connectivity index is 1.75. The highest BCUT2D eigenvalue weighted by atomic mass is 35.5. The van der Waals surface area contributed by atoms with E-state index >= 15 is 0 Å². The van der Waals surface area contributed by atoms with E-state index in [0.29, 0.717) is 10.8 Å².